The second-order valence-electron chi connectivity index (χ2n) is 3.04. The second-order valence-corrected chi connectivity index (χ2v) is 3.79. The van der Waals surface area contributed by atoms with E-state index in [1.54, 1.807) is 18.8 Å². The van der Waals surface area contributed by atoms with Gasteiger partial charge in [0.25, 0.3) is 0 Å². The van der Waals surface area contributed by atoms with Gasteiger partial charge in [-0.2, -0.15) is 0 Å². The minimum absolute atomic E-state index is 0.542. The van der Waals surface area contributed by atoms with Crippen LogP contribution in [0.4, 0.5) is 0 Å². The fraction of sp³-hybridized carbons (Fsp3) is 0.750. The average molecular weight is 264 g/mol. The first kappa shape index (κ1) is 11.6. The Morgan fingerprint density at radius 3 is 2.86 bits per heavy atom. The molecule has 5 nitrogen and oxygen atoms in total. The number of hydrogen-bond donors (Lipinski definition) is 1. The molecule has 0 saturated heterocycles. The van der Waals surface area contributed by atoms with E-state index >= 15 is 0 Å². The van der Waals surface area contributed by atoms with Crippen LogP contribution in [0.25, 0.3) is 0 Å². The van der Waals surface area contributed by atoms with Crippen molar-refractivity contribution in [1.29, 1.82) is 0 Å². The van der Waals surface area contributed by atoms with Crippen molar-refractivity contribution < 1.29 is 9.84 Å². The molecule has 0 aliphatic carbocycles. The Hall–Kier alpha value is -0.460. The van der Waals surface area contributed by atoms with E-state index in [1.165, 1.54) is 0 Å². The number of rotatable bonds is 5. The van der Waals surface area contributed by atoms with Gasteiger partial charge in [0.2, 0.25) is 0 Å². The van der Waals surface area contributed by atoms with Gasteiger partial charge in [0.05, 0.1) is 6.10 Å². The molecule has 0 bridgehead atoms. The van der Waals surface area contributed by atoms with Gasteiger partial charge in [-0.05, 0) is 28.8 Å². The molecule has 1 aromatic rings. The molecular weight excluding hydrogens is 250 g/mol. The zero-order chi connectivity index (χ0) is 10.6. The molecule has 14 heavy (non-hydrogen) atoms. The normalized spacial score (nSPS) is 13.1. The van der Waals surface area contributed by atoms with E-state index in [4.69, 9.17) is 4.74 Å². The summed E-state index contributed by atoms with van der Waals surface area (Å²) < 4.78 is 7.08. The fourth-order valence-electron chi connectivity index (χ4n) is 1.25. The molecule has 0 fully saturated rings. The second kappa shape index (κ2) is 5.43. The van der Waals surface area contributed by atoms with Crippen LogP contribution in [-0.4, -0.2) is 33.8 Å². The molecule has 0 amide bonds. The Morgan fingerprint density at radius 1 is 1.64 bits per heavy atom. The summed E-state index contributed by atoms with van der Waals surface area (Å²) in [7, 11) is 3.40. The lowest BCUT2D eigenvalue weighted by Gasteiger charge is -2.10. The predicted octanol–water partition coefficient (Wildman–Crippen LogP) is 1.04. The lowest BCUT2D eigenvalue weighted by molar-refractivity contribution is 0.129. The highest BCUT2D eigenvalue weighted by Gasteiger charge is 2.16. The summed E-state index contributed by atoms with van der Waals surface area (Å²) in [6, 6.07) is 0. The minimum atomic E-state index is -0.542. The lowest BCUT2D eigenvalue weighted by Crippen LogP contribution is -2.06. The van der Waals surface area contributed by atoms with E-state index in [-0.39, 0.29) is 0 Å². The Balaban J connectivity index is 2.55. The first-order valence-electron chi connectivity index (χ1n) is 4.39. The highest BCUT2D eigenvalue weighted by Crippen LogP contribution is 2.23. The third-order valence-electron chi connectivity index (χ3n) is 1.97. The maximum absolute atomic E-state index is 9.81. The quantitative estimate of drug-likeness (QED) is 0.807. The van der Waals surface area contributed by atoms with Crippen molar-refractivity contribution in [3.05, 3.63) is 10.3 Å². The van der Waals surface area contributed by atoms with Crippen molar-refractivity contribution in [3.8, 4) is 0 Å². The lowest BCUT2D eigenvalue weighted by atomic mass is 10.1. The Morgan fingerprint density at radius 2 is 2.36 bits per heavy atom. The number of hydrogen-bond acceptors (Lipinski definition) is 4. The van der Waals surface area contributed by atoms with Crippen LogP contribution in [0.1, 0.15) is 24.6 Å². The van der Waals surface area contributed by atoms with Crippen LogP contribution in [0.2, 0.25) is 0 Å². The molecule has 0 saturated carbocycles. The van der Waals surface area contributed by atoms with Crippen molar-refractivity contribution in [1.82, 2.24) is 15.0 Å². The van der Waals surface area contributed by atoms with Gasteiger partial charge < -0.3 is 9.84 Å². The van der Waals surface area contributed by atoms with Crippen molar-refractivity contribution in [2.45, 2.75) is 18.9 Å². The highest BCUT2D eigenvalue weighted by atomic mass is 79.9. The molecular formula is C8H14BrN3O2. The number of aryl methyl sites for hydroxylation is 1. The van der Waals surface area contributed by atoms with Crippen molar-refractivity contribution in [2.24, 2.45) is 7.05 Å². The smallest absolute Gasteiger partial charge is 0.154 e. The molecule has 1 unspecified atom stereocenters. The number of aromatic nitrogens is 3. The monoisotopic (exact) mass is 263 g/mol. The maximum atomic E-state index is 9.81. The number of nitrogens with zero attached hydrogens (tertiary/aromatic N) is 3. The number of halogens is 1. The first-order valence-corrected chi connectivity index (χ1v) is 5.18. The van der Waals surface area contributed by atoms with Crippen LogP contribution >= 0.6 is 15.9 Å². The van der Waals surface area contributed by atoms with Crippen molar-refractivity contribution in [2.75, 3.05) is 13.7 Å². The van der Waals surface area contributed by atoms with E-state index in [0.717, 1.165) is 6.42 Å². The van der Waals surface area contributed by atoms with Gasteiger partial charge in [0, 0.05) is 20.8 Å². The van der Waals surface area contributed by atoms with Gasteiger partial charge in [-0.1, -0.05) is 5.21 Å². The molecule has 0 radical (unpaired) electrons. The molecule has 1 aromatic heterocycles. The molecule has 0 aromatic carbocycles. The van der Waals surface area contributed by atoms with Gasteiger partial charge in [0.15, 0.2) is 4.60 Å². The number of methoxy groups -OCH3 is 1. The summed E-state index contributed by atoms with van der Waals surface area (Å²) in [5, 5.41) is 17.4. The zero-order valence-corrected chi connectivity index (χ0v) is 9.86. The Bertz CT molecular complexity index is 271. The number of ether oxygens (including phenoxy) is 1. The highest BCUT2D eigenvalue weighted by molar-refractivity contribution is 9.10. The molecule has 1 heterocycles. The van der Waals surface area contributed by atoms with Crippen LogP contribution in [0, 0.1) is 0 Å². The summed E-state index contributed by atoms with van der Waals surface area (Å²) in [4.78, 5) is 0. The predicted molar refractivity (Wildman–Crippen MR) is 54.8 cm³/mol. The van der Waals surface area contributed by atoms with Gasteiger partial charge in [0.1, 0.15) is 5.69 Å². The SMILES string of the molecule is COCCCC(O)c1c(Br)nnn1C. The van der Waals surface area contributed by atoms with Gasteiger partial charge >= 0.3 is 0 Å². The Kier molecular flexibility index (Phi) is 4.50. The molecule has 1 N–H and O–H groups in total. The molecule has 1 atom stereocenters. The maximum Gasteiger partial charge on any atom is 0.154 e. The summed E-state index contributed by atoms with van der Waals surface area (Å²) in [6.45, 7) is 0.653. The van der Waals surface area contributed by atoms with Crippen LogP contribution < -0.4 is 0 Å². The molecule has 0 aliphatic heterocycles. The average Bonchev–Trinajstić information content (AvgIpc) is 2.46. The van der Waals surface area contributed by atoms with E-state index in [1.807, 2.05) is 0 Å². The molecule has 1 rings (SSSR count). The standard InChI is InChI=1S/C8H14BrN3O2/c1-12-7(8(9)10-11-12)6(13)4-3-5-14-2/h6,13H,3-5H2,1-2H3. The van der Waals surface area contributed by atoms with Crippen LogP contribution in [0.15, 0.2) is 4.60 Å². The van der Waals surface area contributed by atoms with Crippen LogP contribution in [0.5, 0.6) is 0 Å². The van der Waals surface area contributed by atoms with Gasteiger partial charge in [-0.3, -0.25) is 0 Å². The van der Waals surface area contributed by atoms with E-state index < -0.39 is 6.10 Å². The summed E-state index contributed by atoms with van der Waals surface area (Å²) in [6.07, 6.45) is 0.919. The summed E-state index contributed by atoms with van der Waals surface area (Å²) >= 11 is 3.24. The third kappa shape index (κ3) is 2.76. The summed E-state index contributed by atoms with van der Waals surface area (Å²) in [5.74, 6) is 0. The van der Waals surface area contributed by atoms with Crippen molar-refractivity contribution >= 4 is 15.9 Å². The molecule has 0 aliphatic rings. The van der Waals surface area contributed by atoms with Crippen LogP contribution in [0.3, 0.4) is 0 Å². The van der Waals surface area contributed by atoms with Crippen molar-refractivity contribution in [3.63, 3.8) is 0 Å². The molecule has 6 heteroatoms. The fourth-order valence-corrected chi connectivity index (χ4v) is 1.84. The minimum Gasteiger partial charge on any atom is -0.387 e. The third-order valence-corrected chi connectivity index (χ3v) is 2.53. The molecule has 80 valence electrons. The zero-order valence-electron chi connectivity index (χ0n) is 8.27. The molecule has 0 spiro atoms. The van der Waals surface area contributed by atoms with Gasteiger partial charge in [-0.15, -0.1) is 5.10 Å². The number of aliphatic hydroxyl groups is 1. The van der Waals surface area contributed by atoms with Crippen LogP contribution in [-0.2, 0) is 11.8 Å². The topological polar surface area (TPSA) is 60.2 Å². The van der Waals surface area contributed by atoms with E-state index in [0.29, 0.717) is 23.3 Å². The largest absolute Gasteiger partial charge is 0.387 e. The summed E-state index contributed by atoms with van der Waals surface area (Å²) in [5.41, 5.74) is 0.709. The van der Waals surface area contributed by atoms with Gasteiger partial charge in [-0.25, -0.2) is 4.68 Å². The van der Waals surface area contributed by atoms with E-state index in [2.05, 4.69) is 26.2 Å². The first-order chi connectivity index (χ1) is 6.66. The van der Waals surface area contributed by atoms with E-state index in [9.17, 15) is 5.11 Å². The number of aliphatic hydroxyl groups excluding tert-OH is 1. The Labute approximate surface area is 91.2 Å².